The highest BCUT2D eigenvalue weighted by molar-refractivity contribution is 6.01. The third-order valence-electron chi connectivity index (χ3n) is 2.42. The third-order valence-corrected chi connectivity index (χ3v) is 2.42. The highest BCUT2D eigenvalue weighted by atomic mass is 16.5. The van der Waals surface area contributed by atoms with Crippen LogP contribution in [0.3, 0.4) is 0 Å². The first-order valence-electron chi connectivity index (χ1n) is 5.40. The Morgan fingerprint density at radius 1 is 0.842 bits per heavy atom. The maximum atomic E-state index is 11.6. The van der Waals surface area contributed by atoms with Crippen LogP contribution in [0.4, 0.5) is 0 Å². The zero-order valence-corrected chi connectivity index (χ0v) is 11.2. The lowest BCUT2D eigenvalue weighted by Crippen LogP contribution is -2.11. The number of ether oxygens (including phenoxy) is 3. The van der Waals surface area contributed by atoms with Crippen molar-refractivity contribution < 1.29 is 23.8 Å². The summed E-state index contributed by atoms with van der Waals surface area (Å²) < 4.78 is 14.3. The van der Waals surface area contributed by atoms with Crippen LogP contribution in [0.15, 0.2) is 23.2 Å². The molecule has 1 rings (SSSR count). The Balaban J connectivity index is 3.39. The second-order valence-electron chi connectivity index (χ2n) is 3.52. The van der Waals surface area contributed by atoms with Crippen molar-refractivity contribution in [1.82, 2.24) is 0 Å². The smallest absolute Gasteiger partial charge is 0.337 e. The molecule has 1 aromatic carbocycles. The molecule has 0 unspecified atom stereocenters. The molecule has 0 heterocycles. The molecule has 0 bridgehead atoms. The molecule has 0 atom stereocenters. The van der Waals surface area contributed by atoms with E-state index < -0.39 is 11.9 Å². The number of aliphatic imine (C=N–C) groups is 1. The number of carbonyl (C=O) groups excluding carboxylic acids is 2. The van der Waals surface area contributed by atoms with Crippen LogP contribution in [0.1, 0.15) is 26.3 Å². The van der Waals surface area contributed by atoms with Crippen LogP contribution in [-0.4, -0.2) is 46.2 Å². The Morgan fingerprint density at radius 2 is 1.26 bits per heavy atom. The average Bonchev–Trinajstić information content (AvgIpc) is 2.46. The molecule has 0 fully saturated rings. The Hall–Kier alpha value is -2.37. The van der Waals surface area contributed by atoms with Crippen LogP contribution in [0.5, 0.6) is 0 Å². The van der Waals surface area contributed by atoms with Gasteiger partial charge in [0.05, 0.1) is 32.5 Å². The summed E-state index contributed by atoms with van der Waals surface area (Å²) in [5.41, 5.74) is 0.936. The summed E-state index contributed by atoms with van der Waals surface area (Å²) in [5.74, 6) is -0.812. The van der Waals surface area contributed by atoms with E-state index in [9.17, 15) is 9.59 Å². The fourth-order valence-corrected chi connectivity index (χ4v) is 1.56. The standard InChI is InChI=1S/C13H15NO5/c1-14-11(17-2)8-5-9(12(15)18-3)7-10(6-8)13(16)19-4/h5-7H,1-4H3/b14-11-. The minimum atomic E-state index is -0.557. The van der Waals surface area contributed by atoms with Crippen molar-refractivity contribution in [2.75, 3.05) is 28.4 Å². The number of hydrogen-bond acceptors (Lipinski definition) is 6. The molecule has 0 aliphatic heterocycles. The zero-order chi connectivity index (χ0) is 14.4. The summed E-state index contributed by atoms with van der Waals surface area (Å²) in [5, 5.41) is 0. The molecule has 1 aromatic rings. The van der Waals surface area contributed by atoms with Crippen LogP contribution in [-0.2, 0) is 14.2 Å². The molecule has 0 radical (unpaired) electrons. The van der Waals surface area contributed by atoms with Gasteiger partial charge in [-0.1, -0.05) is 0 Å². The zero-order valence-electron chi connectivity index (χ0n) is 11.2. The predicted molar refractivity (Wildman–Crippen MR) is 68.6 cm³/mol. The maximum Gasteiger partial charge on any atom is 0.337 e. The summed E-state index contributed by atoms with van der Waals surface area (Å²) >= 11 is 0. The molecule has 0 aliphatic rings. The Labute approximate surface area is 111 Å². The second kappa shape index (κ2) is 6.53. The van der Waals surface area contributed by atoms with Crippen molar-refractivity contribution in [3.63, 3.8) is 0 Å². The summed E-state index contributed by atoms with van der Waals surface area (Å²) in [6.45, 7) is 0. The lowest BCUT2D eigenvalue weighted by atomic mass is 10.1. The largest absolute Gasteiger partial charge is 0.481 e. The van der Waals surface area contributed by atoms with Crippen molar-refractivity contribution in [3.05, 3.63) is 34.9 Å². The molecule has 102 valence electrons. The summed E-state index contributed by atoms with van der Waals surface area (Å²) in [6.07, 6.45) is 0. The number of hydrogen-bond donors (Lipinski definition) is 0. The van der Waals surface area contributed by atoms with E-state index in [0.29, 0.717) is 11.5 Å². The molecule has 6 heteroatoms. The van der Waals surface area contributed by atoms with Gasteiger partial charge in [0.25, 0.3) is 0 Å². The molecule has 0 aromatic heterocycles. The van der Waals surface area contributed by atoms with E-state index >= 15 is 0 Å². The van der Waals surface area contributed by atoms with Crippen molar-refractivity contribution >= 4 is 17.8 Å². The number of benzene rings is 1. The highest BCUT2D eigenvalue weighted by Crippen LogP contribution is 2.14. The van der Waals surface area contributed by atoms with Crippen molar-refractivity contribution in [2.24, 2.45) is 4.99 Å². The van der Waals surface area contributed by atoms with Crippen LogP contribution >= 0.6 is 0 Å². The Morgan fingerprint density at radius 3 is 1.58 bits per heavy atom. The minimum absolute atomic E-state index is 0.221. The molecule has 0 saturated carbocycles. The monoisotopic (exact) mass is 265 g/mol. The van der Waals surface area contributed by atoms with Gasteiger partial charge in [0.2, 0.25) is 5.90 Å². The summed E-state index contributed by atoms with van der Waals surface area (Å²) in [4.78, 5) is 27.1. The van der Waals surface area contributed by atoms with Crippen LogP contribution < -0.4 is 0 Å². The number of nitrogens with zero attached hydrogens (tertiary/aromatic N) is 1. The van der Waals surface area contributed by atoms with Gasteiger partial charge in [-0.3, -0.25) is 4.99 Å². The molecule has 0 spiro atoms. The molecular weight excluding hydrogens is 250 g/mol. The van der Waals surface area contributed by atoms with E-state index in [1.165, 1.54) is 39.5 Å². The lowest BCUT2D eigenvalue weighted by molar-refractivity contribution is 0.0599. The summed E-state index contributed by atoms with van der Waals surface area (Å²) in [7, 11) is 5.52. The van der Waals surface area contributed by atoms with Gasteiger partial charge in [0, 0.05) is 12.6 Å². The fourth-order valence-electron chi connectivity index (χ4n) is 1.56. The van der Waals surface area contributed by atoms with E-state index in [0.717, 1.165) is 0 Å². The van der Waals surface area contributed by atoms with Gasteiger partial charge >= 0.3 is 11.9 Å². The minimum Gasteiger partial charge on any atom is -0.481 e. The second-order valence-corrected chi connectivity index (χ2v) is 3.52. The quantitative estimate of drug-likeness (QED) is 0.467. The number of carbonyl (C=O) groups is 2. The number of rotatable bonds is 3. The van der Waals surface area contributed by atoms with Crippen LogP contribution in [0.25, 0.3) is 0 Å². The SMILES string of the molecule is C/N=C(\OC)c1cc(C(=O)OC)cc(C(=O)OC)c1. The van der Waals surface area contributed by atoms with E-state index in [4.69, 9.17) is 4.74 Å². The molecule has 19 heavy (non-hydrogen) atoms. The van der Waals surface area contributed by atoms with Gasteiger partial charge in [-0.25, -0.2) is 9.59 Å². The Kier molecular flexibility index (Phi) is 5.05. The molecular formula is C13H15NO5. The van der Waals surface area contributed by atoms with Gasteiger partial charge in [0.1, 0.15) is 0 Å². The normalized spacial score (nSPS) is 10.8. The van der Waals surface area contributed by atoms with Gasteiger partial charge in [-0.05, 0) is 18.2 Å². The van der Waals surface area contributed by atoms with Gasteiger partial charge in [-0.15, -0.1) is 0 Å². The predicted octanol–water partition coefficient (Wildman–Crippen LogP) is 1.28. The third kappa shape index (κ3) is 3.31. The van der Waals surface area contributed by atoms with Gasteiger partial charge in [0.15, 0.2) is 0 Å². The average molecular weight is 265 g/mol. The van der Waals surface area contributed by atoms with E-state index in [1.54, 1.807) is 7.05 Å². The van der Waals surface area contributed by atoms with Crippen LogP contribution in [0.2, 0.25) is 0 Å². The van der Waals surface area contributed by atoms with Gasteiger partial charge < -0.3 is 14.2 Å². The molecule has 0 N–H and O–H groups in total. The number of esters is 2. The molecule has 0 aliphatic carbocycles. The van der Waals surface area contributed by atoms with E-state index in [2.05, 4.69) is 14.5 Å². The topological polar surface area (TPSA) is 74.2 Å². The first kappa shape index (κ1) is 14.7. The van der Waals surface area contributed by atoms with Crippen molar-refractivity contribution in [2.45, 2.75) is 0 Å². The van der Waals surface area contributed by atoms with Crippen molar-refractivity contribution in [3.8, 4) is 0 Å². The first-order valence-corrected chi connectivity index (χ1v) is 5.40. The van der Waals surface area contributed by atoms with E-state index in [-0.39, 0.29) is 11.1 Å². The fraction of sp³-hybridized carbons (Fsp3) is 0.308. The maximum absolute atomic E-state index is 11.6. The highest BCUT2D eigenvalue weighted by Gasteiger charge is 2.16. The Bertz CT molecular complexity index is 488. The molecule has 6 nitrogen and oxygen atoms in total. The van der Waals surface area contributed by atoms with E-state index in [1.807, 2.05) is 0 Å². The number of methoxy groups -OCH3 is 3. The van der Waals surface area contributed by atoms with Crippen molar-refractivity contribution in [1.29, 1.82) is 0 Å². The lowest BCUT2D eigenvalue weighted by Gasteiger charge is -2.09. The first-order chi connectivity index (χ1) is 9.07. The van der Waals surface area contributed by atoms with Gasteiger partial charge in [-0.2, -0.15) is 0 Å². The van der Waals surface area contributed by atoms with Crippen LogP contribution in [0, 0.1) is 0 Å². The summed E-state index contributed by atoms with van der Waals surface area (Å²) in [6, 6.07) is 4.46. The molecule has 0 saturated heterocycles. The molecule has 0 amide bonds.